The highest BCUT2D eigenvalue weighted by molar-refractivity contribution is 5.80. The summed E-state index contributed by atoms with van der Waals surface area (Å²) in [6.45, 7) is 5.00. The Morgan fingerprint density at radius 2 is 2.19 bits per heavy atom. The van der Waals surface area contributed by atoms with E-state index in [1.54, 1.807) is 12.5 Å². The van der Waals surface area contributed by atoms with Gasteiger partial charge in [-0.05, 0) is 36.4 Å². The zero-order valence-corrected chi connectivity index (χ0v) is 10.2. The molecule has 1 aromatic heterocycles. The second kappa shape index (κ2) is 5.85. The van der Waals surface area contributed by atoms with Gasteiger partial charge < -0.3 is 10.2 Å². The second-order valence-corrected chi connectivity index (χ2v) is 5.05. The Morgan fingerprint density at radius 1 is 1.44 bits per heavy atom. The van der Waals surface area contributed by atoms with Gasteiger partial charge in [-0.3, -0.25) is 4.79 Å². The average molecular weight is 223 g/mol. The quantitative estimate of drug-likeness (QED) is 0.772. The number of hydrogen-bond donors (Lipinski definition) is 1. The number of furan rings is 1. The summed E-state index contributed by atoms with van der Waals surface area (Å²) in [6, 6.07) is 1.84. The lowest BCUT2D eigenvalue weighted by molar-refractivity contribution is -0.119. The number of Topliss-reactive ketones (excluding diaryl/α,β-unsaturated/α-hetero) is 1. The zero-order valence-electron chi connectivity index (χ0n) is 10.2. The molecule has 90 valence electrons. The second-order valence-electron chi connectivity index (χ2n) is 5.05. The summed E-state index contributed by atoms with van der Waals surface area (Å²) in [5.74, 6) is 0.270. The molecular formula is C13H21NO2. The number of nitrogens with two attached hydrogens (primary N) is 1. The zero-order chi connectivity index (χ0) is 12.0. The molecule has 0 saturated heterocycles. The number of ketones is 1. The minimum Gasteiger partial charge on any atom is -0.472 e. The van der Waals surface area contributed by atoms with Gasteiger partial charge in [-0.1, -0.05) is 13.8 Å². The SMILES string of the molecule is CC(C)(CCN)CCC(=O)Cc1ccoc1. The van der Waals surface area contributed by atoms with Crippen molar-refractivity contribution in [2.24, 2.45) is 11.1 Å². The van der Waals surface area contributed by atoms with Crippen LogP contribution in [-0.2, 0) is 11.2 Å². The lowest BCUT2D eigenvalue weighted by Crippen LogP contribution is -2.18. The highest BCUT2D eigenvalue weighted by Crippen LogP contribution is 2.26. The summed E-state index contributed by atoms with van der Waals surface area (Å²) in [5, 5.41) is 0. The molecule has 1 aromatic rings. The lowest BCUT2D eigenvalue weighted by Gasteiger charge is -2.23. The molecular weight excluding hydrogens is 202 g/mol. The Kier molecular flexibility index (Phi) is 4.74. The van der Waals surface area contributed by atoms with Crippen molar-refractivity contribution in [2.45, 2.75) is 39.5 Å². The third kappa shape index (κ3) is 4.62. The fourth-order valence-electron chi connectivity index (χ4n) is 1.70. The summed E-state index contributed by atoms with van der Waals surface area (Å²) in [6.07, 6.45) is 6.20. The van der Waals surface area contributed by atoms with Gasteiger partial charge in [0.1, 0.15) is 5.78 Å². The summed E-state index contributed by atoms with van der Waals surface area (Å²) in [5.41, 5.74) is 6.66. The van der Waals surface area contributed by atoms with Crippen molar-refractivity contribution in [3.63, 3.8) is 0 Å². The van der Waals surface area contributed by atoms with Crippen LogP contribution in [-0.4, -0.2) is 12.3 Å². The predicted octanol–water partition coefficient (Wildman–Crippen LogP) is 2.55. The standard InChI is InChI=1S/C13H21NO2/c1-13(2,6-7-14)5-3-12(15)9-11-4-8-16-10-11/h4,8,10H,3,5-7,9,14H2,1-2H3. The van der Waals surface area contributed by atoms with Crippen molar-refractivity contribution in [2.75, 3.05) is 6.54 Å². The van der Waals surface area contributed by atoms with Gasteiger partial charge in [-0.2, -0.15) is 0 Å². The first-order valence-corrected chi connectivity index (χ1v) is 5.76. The normalized spacial score (nSPS) is 11.7. The summed E-state index contributed by atoms with van der Waals surface area (Å²) < 4.78 is 4.93. The van der Waals surface area contributed by atoms with Crippen molar-refractivity contribution >= 4 is 5.78 Å². The van der Waals surface area contributed by atoms with Gasteiger partial charge in [0.2, 0.25) is 0 Å². The molecule has 0 radical (unpaired) electrons. The maximum atomic E-state index is 11.7. The van der Waals surface area contributed by atoms with Crippen molar-refractivity contribution in [3.8, 4) is 0 Å². The maximum Gasteiger partial charge on any atom is 0.137 e. The molecule has 0 unspecified atom stereocenters. The van der Waals surface area contributed by atoms with Gasteiger partial charge in [-0.15, -0.1) is 0 Å². The predicted molar refractivity (Wildman–Crippen MR) is 64.1 cm³/mol. The molecule has 0 aliphatic rings. The van der Waals surface area contributed by atoms with Crippen LogP contribution in [0.1, 0.15) is 38.7 Å². The summed E-state index contributed by atoms with van der Waals surface area (Å²) in [4.78, 5) is 11.7. The molecule has 0 bridgehead atoms. The van der Waals surface area contributed by atoms with Crippen LogP contribution in [0.2, 0.25) is 0 Å². The van der Waals surface area contributed by atoms with Crippen LogP contribution in [0.25, 0.3) is 0 Å². The van der Waals surface area contributed by atoms with Crippen LogP contribution >= 0.6 is 0 Å². The van der Waals surface area contributed by atoms with E-state index in [1.165, 1.54) is 0 Å². The Balaban J connectivity index is 2.30. The van der Waals surface area contributed by atoms with E-state index in [0.29, 0.717) is 19.4 Å². The molecule has 0 aliphatic carbocycles. The van der Waals surface area contributed by atoms with E-state index >= 15 is 0 Å². The van der Waals surface area contributed by atoms with Gasteiger partial charge >= 0.3 is 0 Å². The first-order chi connectivity index (χ1) is 7.53. The summed E-state index contributed by atoms with van der Waals surface area (Å²) >= 11 is 0. The molecule has 0 aromatic carbocycles. The number of hydrogen-bond acceptors (Lipinski definition) is 3. The molecule has 0 atom stereocenters. The van der Waals surface area contributed by atoms with Crippen molar-refractivity contribution in [3.05, 3.63) is 24.2 Å². The molecule has 16 heavy (non-hydrogen) atoms. The molecule has 3 heteroatoms. The van der Waals surface area contributed by atoms with E-state index in [-0.39, 0.29) is 11.2 Å². The minimum absolute atomic E-state index is 0.167. The highest BCUT2D eigenvalue weighted by atomic mass is 16.3. The number of carbonyl (C=O) groups excluding carboxylic acids is 1. The van der Waals surface area contributed by atoms with Crippen LogP contribution in [0.15, 0.2) is 23.0 Å². The fraction of sp³-hybridized carbons (Fsp3) is 0.615. The Hall–Kier alpha value is -1.09. The smallest absolute Gasteiger partial charge is 0.137 e. The first-order valence-electron chi connectivity index (χ1n) is 5.76. The van der Waals surface area contributed by atoms with E-state index in [2.05, 4.69) is 13.8 Å². The van der Waals surface area contributed by atoms with E-state index in [0.717, 1.165) is 18.4 Å². The monoisotopic (exact) mass is 223 g/mol. The van der Waals surface area contributed by atoms with Gasteiger partial charge in [0.05, 0.1) is 12.5 Å². The van der Waals surface area contributed by atoms with Crippen LogP contribution in [0.5, 0.6) is 0 Å². The molecule has 0 amide bonds. The van der Waals surface area contributed by atoms with Crippen LogP contribution < -0.4 is 5.73 Å². The van der Waals surface area contributed by atoms with E-state index in [9.17, 15) is 4.79 Å². The van der Waals surface area contributed by atoms with Crippen LogP contribution in [0.3, 0.4) is 0 Å². The van der Waals surface area contributed by atoms with Crippen LogP contribution in [0.4, 0.5) is 0 Å². The average Bonchev–Trinajstić information content (AvgIpc) is 2.68. The van der Waals surface area contributed by atoms with E-state index in [4.69, 9.17) is 10.2 Å². The topological polar surface area (TPSA) is 56.2 Å². The van der Waals surface area contributed by atoms with Crippen molar-refractivity contribution in [1.82, 2.24) is 0 Å². The molecule has 3 nitrogen and oxygen atoms in total. The van der Waals surface area contributed by atoms with Gasteiger partial charge in [0, 0.05) is 12.8 Å². The summed E-state index contributed by atoms with van der Waals surface area (Å²) in [7, 11) is 0. The third-order valence-electron chi connectivity index (χ3n) is 2.88. The van der Waals surface area contributed by atoms with Gasteiger partial charge in [0.25, 0.3) is 0 Å². The van der Waals surface area contributed by atoms with Crippen molar-refractivity contribution in [1.29, 1.82) is 0 Å². The largest absolute Gasteiger partial charge is 0.472 e. The molecule has 0 spiro atoms. The molecule has 1 rings (SSSR count). The van der Waals surface area contributed by atoms with E-state index in [1.807, 2.05) is 6.07 Å². The molecule has 2 N–H and O–H groups in total. The lowest BCUT2D eigenvalue weighted by atomic mass is 9.83. The molecule has 0 fully saturated rings. The first kappa shape index (κ1) is 13.0. The fourth-order valence-corrected chi connectivity index (χ4v) is 1.70. The molecule has 1 heterocycles. The Bertz CT molecular complexity index is 315. The maximum absolute atomic E-state index is 11.7. The highest BCUT2D eigenvalue weighted by Gasteiger charge is 2.18. The Labute approximate surface area is 97.0 Å². The van der Waals surface area contributed by atoms with Gasteiger partial charge in [0.15, 0.2) is 0 Å². The third-order valence-corrected chi connectivity index (χ3v) is 2.88. The van der Waals surface area contributed by atoms with E-state index < -0.39 is 0 Å². The van der Waals surface area contributed by atoms with Crippen LogP contribution in [0, 0.1) is 5.41 Å². The van der Waals surface area contributed by atoms with Gasteiger partial charge in [-0.25, -0.2) is 0 Å². The Morgan fingerprint density at radius 3 is 2.75 bits per heavy atom. The minimum atomic E-state index is 0.167. The molecule has 0 aliphatic heterocycles. The van der Waals surface area contributed by atoms with Crippen molar-refractivity contribution < 1.29 is 9.21 Å². The molecule has 0 saturated carbocycles. The number of carbonyl (C=O) groups is 1. The number of rotatable bonds is 7.